The molecule has 4 nitrogen and oxygen atoms in total. The van der Waals surface area contributed by atoms with Crippen LogP contribution < -0.4 is 0 Å². The van der Waals surface area contributed by atoms with E-state index in [-0.39, 0.29) is 5.88 Å². The molecular weight excluding hydrogens is 214 g/mol. The van der Waals surface area contributed by atoms with Crippen LogP contribution in [0, 0.1) is 0 Å². The van der Waals surface area contributed by atoms with Crippen LogP contribution >= 0.6 is 0 Å². The van der Waals surface area contributed by atoms with Crippen molar-refractivity contribution in [1.82, 2.24) is 14.4 Å². The van der Waals surface area contributed by atoms with E-state index in [0.717, 1.165) is 16.8 Å². The van der Waals surface area contributed by atoms with Crippen molar-refractivity contribution in [3.8, 4) is 5.88 Å². The van der Waals surface area contributed by atoms with Gasteiger partial charge in [0.2, 0.25) is 5.88 Å². The van der Waals surface area contributed by atoms with Crippen LogP contribution in [0.2, 0.25) is 0 Å². The third kappa shape index (κ3) is 1.73. The fraction of sp³-hybridized carbons (Fsp3) is 0.0769. The molecule has 0 amide bonds. The molecule has 3 rings (SSSR count). The highest BCUT2D eigenvalue weighted by molar-refractivity contribution is 5.46. The molecule has 3 aromatic rings. The lowest BCUT2D eigenvalue weighted by Crippen LogP contribution is -1.99. The highest BCUT2D eigenvalue weighted by atomic mass is 16.3. The van der Waals surface area contributed by atoms with E-state index in [4.69, 9.17) is 0 Å². The Morgan fingerprint density at radius 2 is 1.94 bits per heavy atom. The summed E-state index contributed by atoms with van der Waals surface area (Å²) in [5.41, 5.74) is 2.77. The molecule has 2 aromatic heterocycles. The largest absolute Gasteiger partial charge is 0.492 e. The number of imidazole rings is 1. The highest BCUT2D eigenvalue weighted by Gasteiger charge is 2.08. The standard InChI is InChI=1S/C13H11N3O/c17-13-12(6-10-4-2-1-3-5-10)16-9-14-7-11(16)8-15-13/h1-5,7-9,17H,6H2. The maximum Gasteiger partial charge on any atom is 0.231 e. The summed E-state index contributed by atoms with van der Waals surface area (Å²) in [5, 5.41) is 9.83. The molecule has 0 unspecified atom stereocenters. The summed E-state index contributed by atoms with van der Waals surface area (Å²) in [6.45, 7) is 0. The van der Waals surface area contributed by atoms with Crippen LogP contribution in [0.3, 0.4) is 0 Å². The van der Waals surface area contributed by atoms with Gasteiger partial charge in [0.05, 0.1) is 29.9 Å². The zero-order valence-corrected chi connectivity index (χ0v) is 9.11. The van der Waals surface area contributed by atoms with Gasteiger partial charge in [0.25, 0.3) is 0 Å². The SMILES string of the molecule is Oc1ncc2cncn2c1Cc1ccccc1. The molecule has 0 radical (unpaired) electrons. The van der Waals surface area contributed by atoms with Crippen LogP contribution in [-0.2, 0) is 6.42 Å². The van der Waals surface area contributed by atoms with E-state index in [9.17, 15) is 5.11 Å². The van der Waals surface area contributed by atoms with Gasteiger partial charge in [-0.05, 0) is 5.56 Å². The molecule has 1 aromatic carbocycles. The van der Waals surface area contributed by atoms with E-state index in [0.29, 0.717) is 6.42 Å². The number of hydrogen-bond donors (Lipinski definition) is 1. The van der Waals surface area contributed by atoms with Crippen molar-refractivity contribution in [2.24, 2.45) is 0 Å². The average Bonchev–Trinajstić information content (AvgIpc) is 2.83. The van der Waals surface area contributed by atoms with E-state index >= 15 is 0 Å². The second-order valence-electron chi connectivity index (χ2n) is 3.88. The van der Waals surface area contributed by atoms with Crippen LogP contribution in [0.5, 0.6) is 5.88 Å². The topological polar surface area (TPSA) is 50.4 Å². The Balaban J connectivity index is 2.10. The highest BCUT2D eigenvalue weighted by Crippen LogP contribution is 2.19. The van der Waals surface area contributed by atoms with Crippen molar-refractivity contribution in [3.05, 3.63) is 60.3 Å². The van der Waals surface area contributed by atoms with Gasteiger partial charge in [-0.3, -0.25) is 4.40 Å². The van der Waals surface area contributed by atoms with Crippen molar-refractivity contribution in [2.45, 2.75) is 6.42 Å². The normalized spacial score (nSPS) is 10.8. The first-order valence-corrected chi connectivity index (χ1v) is 5.37. The lowest BCUT2D eigenvalue weighted by atomic mass is 10.1. The number of aromatic hydroxyl groups is 1. The number of rotatable bonds is 2. The van der Waals surface area contributed by atoms with Crippen molar-refractivity contribution < 1.29 is 5.11 Å². The minimum atomic E-state index is 0.0550. The number of aromatic nitrogens is 3. The van der Waals surface area contributed by atoms with Gasteiger partial charge in [-0.25, -0.2) is 9.97 Å². The molecule has 17 heavy (non-hydrogen) atoms. The van der Waals surface area contributed by atoms with Crippen LogP contribution in [0.15, 0.2) is 49.1 Å². The summed E-state index contributed by atoms with van der Waals surface area (Å²) in [7, 11) is 0. The van der Waals surface area contributed by atoms with Crippen molar-refractivity contribution in [3.63, 3.8) is 0 Å². The van der Waals surface area contributed by atoms with Gasteiger partial charge in [-0.2, -0.15) is 0 Å². The lowest BCUT2D eigenvalue weighted by Gasteiger charge is -2.07. The lowest BCUT2D eigenvalue weighted by molar-refractivity contribution is 0.442. The van der Waals surface area contributed by atoms with Gasteiger partial charge in [0, 0.05) is 6.42 Å². The summed E-state index contributed by atoms with van der Waals surface area (Å²) in [5.74, 6) is 0.0550. The average molecular weight is 225 g/mol. The molecule has 0 aliphatic carbocycles. The number of hydrogen-bond acceptors (Lipinski definition) is 3. The molecule has 0 bridgehead atoms. The molecule has 0 aliphatic rings. The van der Waals surface area contributed by atoms with Gasteiger partial charge in [-0.15, -0.1) is 0 Å². The Bertz CT molecular complexity index is 646. The van der Waals surface area contributed by atoms with Crippen molar-refractivity contribution >= 4 is 5.52 Å². The minimum absolute atomic E-state index is 0.0550. The maximum atomic E-state index is 9.83. The van der Waals surface area contributed by atoms with Gasteiger partial charge in [0.15, 0.2) is 0 Å². The summed E-state index contributed by atoms with van der Waals surface area (Å²) in [4.78, 5) is 8.03. The van der Waals surface area contributed by atoms with Gasteiger partial charge >= 0.3 is 0 Å². The predicted octanol–water partition coefficient (Wildman–Crippen LogP) is 2.03. The third-order valence-electron chi connectivity index (χ3n) is 2.75. The fourth-order valence-corrected chi connectivity index (χ4v) is 1.89. The molecular formula is C13H11N3O. The van der Waals surface area contributed by atoms with E-state index in [1.807, 2.05) is 34.7 Å². The summed E-state index contributed by atoms with van der Waals surface area (Å²) in [6, 6.07) is 9.98. The Kier molecular flexibility index (Phi) is 2.26. The molecule has 1 N–H and O–H groups in total. The second-order valence-corrected chi connectivity index (χ2v) is 3.88. The predicted molar refractivity (Wildman–Crippen MR) is 63.9 cm³/mol. The molecule has 4 heteroatoms. The van der Waals surface area contributed by atoms with E-state index < -0.39 is 0 Å². The van der Waals surface area contributed by atoms with Crippen LogP contribution in [-0.4, -0.2) is 19.5 Å². The van der Waals surface area contributed by atoms with Gasteiger partial charge in [-0.1, -0.05) is 30.3 Å². The van der Waals surface area contributed by atoms with E-state index in [2.05, 4.69) is 9.97 Å². The monoisotopic (exact) mass is 225 g/mol. The summed E-state index contributed by atoms with van der Waals surface area (Å²) >= 11 is 0. The van der Waals surface area contributed by atoms with E-state index in [1.165, 1.54) is 0 Å². The third-order valence-corrected chi connectivity index (χ3v) is 2.75. The molecule has 0 atom stereocenters. The molecule has 0 saturated heterocycles. The van der Waals surface area contributed by atoms with Gasteiger partial charge < -0.3 is 5.11 Å². The van der Waals surface area contributed by atoms with Crippen molar-refractivity contribution in [2.75, 3.05) is 0 Å². The van der Waals surface area contributed by atoms with E-state index in [1.54, 1.807) is 18.7 Å². The zero-order chi connectivity index (χ0) is 11.7. The summed E-state index contributed by atoms with van der Waals surface area (Å²) < 4.78 is 1.86. The molecule has 0 aliphatic heterocycles. The first kappa shape index (κ1) is 9.84. The van der Waals surface area contributed by atoms with Crippen LogP contribution in [0.25, 0.3) is 5.52 Å². The second kappa shape index (κ2) is 3.90. The molecule has 2 heterocycles. The smallest absolute Gasteiger partial charge is 0.231 e. The first-order chi connectivity index (χ1) is 8.34. The zero-order valence-electron chi connectivity index (χ0n) is 9.11. The Morgan fingerprint density at radius 1 is 1.12 bits per heavy atom. The summed E-state index contributed by atoms with van der Waals surface area (Å²) in [6.07, 6.45) is 5.65. The van der Waals surface area contributed by atoms with Gasteiger partial charge in [0.1, 0.15) is 0 Å². The molecule has 0 saturated carbocycles. The van der Waals surface area contributed by atoms with Crippen molar-refractivity contribution in [1.29, 1.82) is 0 Å². The fourth-order valence-electron chi connectivity index (χ4n) is 1.89. The minimum Gasteiger partial charge on any atom is -0.492 e. The molecule has 0 fully saturated rings. The number of fused-ring (bicyclic) bond motifs is 1. The Labute approximate surface area is 98.2 Å². The van der Waals surface area contributed by atoms with Crippen LogP contribution in [0.1, 0.15) is 11.3 Å². The maximum absolute atomic E-state index is 9.83. The quantitative estimate of drug-likeness (QED) is 0.726. The molecule has 84 valence electrons. The Morgan fingerprint density at radius 3 is 2.76 bits per heavy atom. The van der Waals surface area contributed by atoms with Crippen LogP contribution in [0.4, 0.5) is 0 Å². The Hall–Kier alpha value is -2.36. The number of benzene rings is 1. The number of nitrogens with zero attached hydrogens (tertiary/aromatic N) is 3. The molecule has 0 spiro atoms. The first-order valence-electron chi connectivity index (χ1n) is 5.37.